The minimum absolute atomic E-state index is 0.323. The zero-order valence-electron chi connectivity index (χ0n) is 8.69. The summed E-state index contributed by atoms with van der Waals surface area (Å²) in [5, 5.41) is 7.46. The fraction of sp³-hybridized carbons (Fsp3) is 0.300. The van der Waals surface area contributed by atoms with Gasteiger partial charge >= 0.3 is 5.97 Å². The number of nitrogens with zero attached hydrogens (tertiary/aromatic N) is 2. The van der Waals surface area contributed by atoms with E-state index in [-0.39, 0.29) is 0 Å². The van der Waals surface area contributed by atoms with Crippen LogP contribution in [0.1, 0.15) is 23.0 Å². The van der Waals surface area contributed by atoms with Gasteiger partial charge < -0.3 is 9.47 Å². The van der Waals surface area contributed by atoms with E-state index in [2.05, 4.69) is 21.5 Å². The largest absolute Gasteiger partial charge is 0.492 e. The Morgan fingerprint density at radius 2 is 2.33 bits per heavy atom. The quantitative estimate of drug-likeness (QED) is 0.550. The van der Waals surface area contributed by atoms with Crippen molar-refractivity contribution in [3.63, 3.8) is 0 Å². The fourth-order valence-electron chi connectivity index (χ4n) is 0.981. The predicted molar refractivity (Wildman–Crippen MR) is 54.0 cm³/mol. The lowest BCUT2D eigenvalue weighted by atomic mass is 10.2. The van der Waals surface area contributed by atoms with Crippen LogP contribution in [0.5, 0.6) is 0 Å². The molecule has 0 aliphatic carbocycles. The maximum absolute atomic E-state index is 11.2. The highest BCUT2D eigenvalue weighted by atomic mass is 16.5. The number of aromatic nitrogens is 2. The van der Waals surface area contributed by atoms with E-state index in [1.54, 1.807) is 0 Å². The number of esters is 1. The molecule has 1 rings (SSSR count). The summed E-state index contributed by atoms with van der Waals surface area (Å²) in [5.41, 5.74) is 0.753. The van der Waals surface area contributed by atoms with Gasteiger partial charge in [0.15, 0.2) is 0 Å². The van der Waals surface area contributed by atoms with E-state index in [9.17, 15) is 4.79 Å². The topological polar surface area (TPSA) is 61.3 Å². The molecular weight excluding hydrogens is 196 g/mol. The van der Waals surface area contributed by atoms with Gasteiger partial charge in [-0.25, -0.2) is 4.79 Å². The van der Waals surface area contributed by atoms with Gasteiger partial charge in [0.2, 0.25) is 0 Å². The summed E-state index contributed by atoms with van der Waals surface area (Å²) in [7, 11) is 1.31. The Hall–Kier alpha value is -1.91. The van der Waals surface area contributed by atoms with E-state index in [1.165, 1.54) is 19.4 Å². The van der Waals surface area contributed by atoms with Crippen molar-refractivity contribution in [3.05, 3.63) is 30.1 Å². The second kappa shape index (κ2) is 5.09. The Labute approximate surface area is 87.7 Å². The zero-order chi connectivity index (χ0) is 11.3. The molecule has 0 saturated carbocycles. The lowest BCUT2D eigenvalue weighted by Gasteiger charge is -2.05. The highest BCUT2D eigenvalue weighted by molar-refractivity contribution is 5.89. The SMILES string of the molecule is C=C(OCC)c1cc(C(=O)OC)cnn1. The molecule has 1 aromatic rings. The Morgan fingerprint density at radius 1 is 1.60 bits per heavy atom. The molecule has 0 aliphatic rings. The standard InChI is InChI=1S/C10H12N2O3/c1-4-15-7(2)9-5-8(6-11-12-9)10(13)14-3/h5-6H,2,4H2,1,3H3. The normalized spacial score (nSPS) is 9.47. The third kappa shape index (κ3) is 2.77. The van der Waals surface area contributed by atoms with E-state index < -0.39 is 5.97 Å². The highest BCUT2D eigenvalue weighted by Crippen LogP contribution is 2.11. The molecule has 0 bridgehead atoms. The summed E-state index contributed by atoms with van der Waals surface area (Å²) in [6.45, 7) is 5.99. The third-order valence-corrected chi connectivity index (χ3v) is 1.68. The predicted octanol–water partition coefficient (Wildman–Crippen LogP) is 1.27. The Bertz CT molecular complexity index is 377. The van der Waals surface area contributed by atoms with Crippen molar-refractivity contribution in [1.82, 2.24) is 10.2 Å². The molecule has 0 fully saturated rings. The van der Waals surface area contributed by atoms with Crippen molar-refractivity contribution in [3.8, 4) is 0 Å². The van der Waals surface area contributed by atoms with E-state index in [0.29, 0.717) is 23.6 Å². The van der Waals surface area contributed by atoms with Gasteiger partial charge in [0.1, 0.15) is 11.5 Å². The van der Waals surface area contributed by atoms with Gasteiger partial charge in [0.25, 0.3) is 0 Å². The molecule has 0 radical (unpaired) electrons. The number of methoxy groups -OCH3 is 1. The van der Waals surface area contributed by atoms with Crippen LogP contribution in [0.2, 0.25) is 0 Å². The second-order valence-corrected chi connectivity index (χ2v) is 2.68. The van der Waals surface area contributed by atoms with Crippen LogP contribution in [0.4, 0.5) is 0 Å². The number of carbonyl (C=O) groups is 1. The first-order valence-corrected chi connectivity index (χ1v) is 4.42. The molecule has 0 spiro atoms. The molecule has 80 valence electrons. The number of hydrogen-bond donors (Lipinski definition) is 0. The average Bonchev–Trinajstić information content (AvgIpc) is 2.28. The van der Waals surface area contributed by atoms with Crippen LogP contribution in [0.3, 0.4) is 0 Å². The number of ether oxygens (including phenoxy) is 2. The molecule has 15 heavy (non-hydrogen) atoms. The Balaban J connectivity index is 2.92. The molecule has 0 aliphatic heterocycles. The van der Waals surface area contributed by atoms with E-state index >= 15 is 0 Å². The first-order valence-electron chi connectivity index (χ1n) is 4.42. The van der Waals surface area contributed by atoms with E-state index in [4.69, 9.17) is 4.74 Å². The van der Waals surface area contributed by atoms with Crippen LogP contribution >= 0.6 is 0 Å². The van der Waals surface area contributed by atoms with Crippen molar-refractivity contribution >= 4 is 11.7 Å². The summed E-state index contributed by atoms with van der Waals surface area (Å²) >= 11 is 0. The molecule has 0 saturated heterocycles. The molecule has 5 heteroatoms. The summed E-state index contributed by atoms with van der Waals surface area (Å²) in [6.07, 6.45) is 1.33. The molecule has 1 aromatic heterocycles. The number of hydrogen-bond acceptors (Lipinski definition) is 5. The number of carbonyl (C=O) groups excluding carboxylic acids is 1. The van der Waals surface area contributed by atoms with E-state index in [1.807, 2.05) is 6.92 Å². The summed E-state index contributed by atoms with van der Waals surface area (Å²) in [6, 6.07) is 1.52. The average molecular weight is 208 g/mol. The van der Waals surface area contributed by atoms with Gasteiger partial charge in [-0.15, -0.1) is 5.10 Å². The summed E-state index contributed by atoms with van der Waals surface area (Å²) in [5.74, 6) is -0.0776. The van der Waals surface area contributed by atoms with Gasteiger partial charge in [-0.3, -0.25) is 0 Å². The van der Waals surface area contributed by atoms with E-state index in [0.717, 1.165) is 0 Å². The van der Waals surface area contributed by atoms with Crippen LogP contribution < -0.4 is 0 Å². The van der Waals surface area contributed by atoms with Crippen molar-refractivity contribution in [1.29, 1.82) is 0 Å². The van der Waals surface area contributed by atoms with Crippen molar-refractivity contribution in [2.75, 3.05) is 13.7 Å². The van der Waals surface area contributed by atoms with Gasteiger partial charge in [-0.05, 0) is 13.0 Å². The van der Waals surface area contributed by atoms with Crippen LogP contribution in [0.25, 0.3) is 5.76 Å². The first-order chi connectivity index (χ1) is 7.19. The maximum Gasteiger partial charge on any atom is 0.339 e. The van der Waals surface area contributed by atoms with Gasteiger partial charge in [0.05, 0.1) is 25.5 Å². The number of rotatable bonds is 4. The van der Waals surface area contributed by atoms with Gasteiger partial charge in [0, 0.05) is 0 Å². The lowest BCUT2D eigenvalue weighted by molar-refractivity contribution is 0.0600. The van der Waals surface area contributed by atoms with Gasteiger partial charge in [-0.1, -0.05) is 6.58 Å². The minimum atomic E-state index is -0.463. The molecular formula is C10H12N2O3. The summed E-state index contributed by atoms with van der Waals surface area (Å²) < 4.78 is 9.70. The molecule has 0 amide bonds. The highest BCUT2D eigenvalue weighted by Gasteiger charge is 2.09. The Morgan fingerprint density at radius 3 is 2.93 bits per heavy atom. The maximum atomic E-state index is 11.2. The van der Waals surface area contributed by atoms with Crippen molar-refractivity contribution in [2.24, 2.45) is 0 Å². The zero-order valence-corrected chi connectivity index (χ0v) is 8.69. The smallest absolute Gasteiger partial charge is 0.339 e. The third-order valence-electron chi connectivity index (χ3n) is 1.68. The molecule has 1 heterocycles. The van der Waals surface area contributed by atoms with Crippen LogP contribution in [0.15, 0.2) is 18.8 Å². The molecule has 0 aromatic carbocycles. The van der Waals surface area contributed by atoms with Gasteiger partial charge in [-0.2, -0.15) is 5.10 Å². The monoisotopic (exact) mass is 208 g/mol. The van der Waals surface area contributed by atoms with Crippen LogP contribution in [-0.2, 0) is 9.47 Å². The Kier molecular flexibility index (Phi) is 3.79. The minimum Gasteiger partial charge on any atom is -0.492 e. The van der Waals surface area contributed by atoms with Crippen LogP contribution in [-0.4, -0.2) is 29.9 Å². The van der Waals surface area contributed by atoms with Crippen molar-refractivity contribution in [2.45, 2.75) is 6.92 Å². The molecule has 0 unspecified atom stereocenters. The molecule has 0 atom stereocenters. The van der Waals surface area contributed by atoms with Crippen LogP contribution in [0, 0.1) is 0 Å². The molecule has 0 N–H and O–H groups in total. The lowest BCUT2D eigenvalue weighted by Crippen LogP contribution is -2.05. The van der Waals surface area contributed by atoms with Crippen molar-refractivity contribution < 1.29 is 14.3 Å². The second-order valence-electron chi connectivity index (χ2n) is 2.68. The fourth-order valence-corrected chi connectivity index (χ4v) is 0.981. The summed E-state index contributed by atoms with van der Waals surface area (Å²) in [4.78, 5) is 11.2. The first kappa shape index (κ1) is 11.2. The molecule has 5 nitrogen and oxygen atoms in total.